The van der Waals surface area contributed by atoms with Crippen LogP contribution in [0, 0.1) is 5.92 Å². The summed E-state index contributed by atoms with van der Waals surface area (Å²) < 4.78 is 0. The summed E-state index contributed by atoms with van der Waals surface area (Å²) in [7, 11) is 0. The molecule has 0 aliphatic carbocycles. The Morgan fingerprint density at radius 2 is 2.15 bits per heavy atom. The summed E-state index contributed by atoms with van der Waals surface area (Å²) in [4.78, 5) is 27.1. The predicted octanol–water partition coefficient (Wildman–Crippen LogP) is 1.35. The van der Waals surface area contributed by atoms with E-state index in [1.54, 1.807) is 25.3 Å². The van der Waals surface area contributed by atoms with Crippen LogP contribution in [0.3, 0.4) is 0 Å². The Morgan fingerprint density at radius 1 is 1.40 bits per heavy atom. The molecule has 0 aliphatic heterocycles. The second kappa shape index (κ2) is 8.04. The van der Waals surface area contributed by atoms with E-state index in [9.17, 15) is 9.59 Å². The van der Waals surface area contributed by atoms with Crippen LogP contribution in [0.2, 0.25) is 0 Å². The van der Waals surface area contributed by atoms with Crippen molar-refractivity contribution in [1.82, 2.24) is 15.7 Å². The average Bonchev–Trinajstić information content (AvgIpc) is 2.43. The number of carbonyl (C=O) groups excluding carboxylic acids is 2. The Labute approximate surface area is 118 Å². The van der Waals surface area contributed by atoms with Crippen LogP contribution in [0.1, 0.15) is 37.6 Å². The minimum Gasteiger partial charge on any atom is -0.356 e. The zero-order valence-corrected chi connectivity index (χ0v) is 12.0. The molecule has 0 unspecified atom stereocenters. The van der Waals surface area contributed by atoms with E-state index in [1.807, 2.05) is 13.8 Å². The molecule has 20 heavy (non-hydrogen) atoms. The smallest absolute Gasteiger partial charge is 0.272 e. The van der Waals surface area contributed by atoms with Gasteiger partial charge in [0.05, 0.1) is 12.0 Å². The van der Waals surface area contributed by atoms with Crippen LogP contribution in [0.25, 0.3) is 0 Å². The molecule has 1 aromatic heterocycles. The molecule has 1 aromatic rings. The van der Waals surface area contributed by atoms with E-state index in [-0.39, 0.29) is 18.2 Å². The van der Waals surface area contributed by atoms with Crippen LogP contribution in [0.15, 0.2) is 29.6 Å². The molecule has 108 valence electrons. The number of pyridine rings is 1. The Morgan fingerprint density at radius 3 is 2.75 bits per heavy atom. The quantitative estimate of drug-likeness (QED) is 0.607. The lowest BCUT2D eigenvalue weighted by Gasteiger charge is -2.07. The molecule has 0 aliphatic rings. The number of aromatic nitrogens is 1. The molecule has 0 fully saturated rings. The summed E-state index contributed by atoms with van der Waals surface area (Å²) in [6.07, 6.45) is 3.21. The van der Waals surface area contributed by atoms with Crippen molar-refractivity contribution in [3.63, 3.8) is 0 Å². The molecular formula is C14H20N4O2. The highest BCUT2D eigenvalue weighted by molar-refractivity contribution is 6.01. The fourth-order valence-electron chi connectivity index (χ4n) is 1.36. The van der Waals surface area contributed by atoms with Gasteiger partial charge in [-0.05, 0) is 25.0 Å². The van der Waals surface area contributed by atoms with Gasteiger partial charge in [-0.1, -0.05) is 13.8 Å². The minimum atomic E-state index is -0.347. The second-order valence-corrected chi connectivity index (χ2v) is 4.90. The first kappa shape index (κ1) is 15.8. The summed E-state index contributed by atoms with van der Waals surface area (Å²) in [6, 6.07) is 3.31. The normalized spacial score (nSPS) is 11.3. The van der Waals surface area contributed by atoms with Crippen molar-refractivity contribution in [3.05, 3.63) is 30.1 Å². The first-order chi connectivity index (χ1) is 9.49. The van der Waals surface area contributed by atoms with Crippen molar-refractivity contribution >= 4 is 17.5 Å². The summed E-state index contributed by atoms with van der Waals surface area (Å²) >= 11 is 0. The Bertz CT molecular complexity index is 483. The lowest BCUT2D eigenvalue weighted by Crippen LogP contribution is -2.29. The summed E-state index contributed by atoms with van der Waals surface area (Å²) in [6.45, 7) is 6.37. The summed E-state index contributed by atoms with van der Waals surface area (Å²) in [5.74, 6) is -0.0444. The van der Waals surface area contributed by atoms with Crippen LogP contribution >= 0.6 is 0 Å². The maximum atomic E-state index is 11.7. The van der Waals surface area contributed by atoms with Gasteiger partial charge in [0.1, 0.15) is 0 Å². The van der Waals surface area contributed by atoms with Crippen molar-refractivity contribution < 1.29 is 9.59 Å². The number of hydrazone groups is 1. The molecule has 1 heterocycles. The van der Waals surface area contributed by atoms with Gasteiger partial charge in [-0.15, -0.1) is 0 Å². The Balaban J connectivity index is 2.42. The molecule has 0 aromatic carbocycles. The Kier molecular flexibility index (Phi) is 6.36. The van der Waals surface area contributed by atoms with Gasteiger partial charge < -0.3 is 5.32 Å². The SMILES string of the molecule is C/C(CC(=O)NCC(C)C)=N/NC(=O)c1cccnc1. The average molecular weight is 276 g/mol. The Hall–Kier alpha value is -2.24. The molecule has 2 amide bonds. The van der Waals surface area contributed by atoms with Gasteiger partial charge in [0.2, 0.25) is 5.91 Å². The lowest BCUT2D eigenvalue weighted by atomic mass is 10.2. The fourth-order valence-corrected chi connectivity index (χ4v) is 1.36. The molecule has 6 nitrogen and oxygen atoms in total. The van der Waals surface area contributed by atoms with Crippen LogP contribution in [0.5, 0.6) is 0 Å². The number of nitrogens with zero attached hydrogens (tertiary/aromatic N) is 2. The van der Waals surface area contributed by atoms with E-state index in [2.05, 4.69) is 20.8 Å². The third-order valence-electron chi connectivity index (χ3n) is 2.40. The third-order valence-corrected chi connectivity index (χ3v) is 2.40. The first-order valence-electron chi connectivity index (χ1n) is 6.49. The van der Waals surface area contributed by atoms with E-state index in [0.29, 0.717) is 23.7 Å². The van der Waals surface area contributed by atoms with Gasteiger partial charge in [-0.3, -0.25) is 14.6 Å². The van der Waals surface area contributed by atoms with E-state index in [1.165, 1.54) is 6.20 Å². The monoisotopic (exact) mass is 276 g/mol. The number of nitrogens with one attached hydrogen (secondary N) is 2. The van der Waals surface area contributed by atoms with Crippen molar-refractivity contribution in [3.8, 4) is 0 Å². The molecule has 6 heteroatoms. The maximum Gasteiger partial charge on any atom is 0.272 e. The van der Waals surface area contributed by atoms with Crippen molar-refractivity contribution in [1.29, 1.82) is 0 Å². The number of carbonyl (C=O) groups is 2. The topological polar surface area (TPSA) is 83.5 Å². The van der Waals surface area contributed by atoms with Crippen LogP contribution in [0.4, 0.5) is 0 Å². The zero-order chi connectivity index (χ0) is 15.0. The molecular weight excluding hydrogens is 256 g/mol. The van der Waals surface area contributed by atoms with Crippen molar-refractivity contribution in [2.75, 3.05) is 6.54 Å². The highest BCUT2D eigenvalue weighted by Gasteiger charge is 2.06. The molecule has 1 rings (SSSR count). The fraction of sp³-hybridized carbons (Fsp3) is 0.429. The number of amides is 2. The predicted molar refractivity (Wildman–Crippen MR) is 77.3 cm³/mol. The van der Waals surface area contributed by atoms with Crippen LogP contribution in [-0.2, 0) is 4.79 Å². The summed E-state index contributed by atoms with van der Waals surface area (Å²) in [5, 5.41) is 6.69. The first-order valence-corrected chi connectivity index (χ1v) is 6.49. The molecule has 0 radical (unpaired) electrons. The van der Waals surface area contributed by atoms with Crippen LogP contribution in [-0.4, -0.2) is 29.1 Å². The van der Waals surface area contributed by atoms with E-state index in [0.717, 1.165) is 0 Å². The van der Waals surface area contributed by atoms with Crippen molar-refractivity contribution in [2.24, 2.45) is 11.0 Å². The van der Waals surface area contributed by atoms with Crippen LogP contribution < -0.4 is 10.7 Å². The largest absolute Gasteiger partial charge is 0.356 e. The number of rotatable bonds is 6. The molecule has 0 bridgehead atoms. The maximum absolute atomic E-state index is 11.7. The minimum absolute atomic E-state index is 0.101. The molecule has 0 saturated carbocycles. The highest BCUT2D eigenvalue weighted by atomic mass is 16.2. The van der Waals surface area contributed by atoms with Gasteiger partial charge in [0, 0.05) is 24.7 Å². The van der Waals surface area contributed by atoms with Crippen molar-refractivity contribution in [2.45, 2.75) is 27.2 Å². The molecule has 0 atom stereocenters. The van der Waals surface area contributed by atoms with Gasteiger partial charge in [0.25, 0.3) is 5.91 Å². The lowest BCUT2D eigenvalue weighted by molar-refractivity contribution is -0.120. The van der Waals surface area contributed by atoms with Gasteiger partial charge in [-0.2, -0.15) is 5.10 Å². The second-order valence-electron chi connectivity index (χ2n) is 4.90. The third kappa shape index (κ3) is 6.08. The van der Waals surface area contributed by atoms with Gasteiger partial charge in [-0.25, -0.2) is 5.43 Å². The molecule has 0 spiro atoms. The summed E-state index contributed by atoms with van der Waals surface area (Å²) in [5.41, 5.74) is 3.37. The van der Waals surface area contributed by atoms with E-state index >= 15 is 0 Å². The van der Waals surface area contributed by atoms with E-state index in [4.69, 9.17) is 0 Å². The highest BCUT2D eigenvalue weighted by Crippen LogP contribution is 1.95. The number of hydrogen-bond donors (Lipinski definition) is 2. The number of hydrogen-bond acceptors (Lipinski definition) is 4. The van der Waals surface area contributed by atoms with Gasteiger partial charge >= 0.3 is 0 Å². The zero-order valence-electron chi connectivity index (χ0n) is 12.0. The molecule has 2 N–H and O–H groups in total. The standard InChI is InChI=1S/C14H20N4O2/c1-10(2)8-16-13(19)7-11(3)17-18-14(20)12-5-4-6-15-9-12/h4-6,9-10H,7-8H2,1-3H3,(H,16,19)(H,18,20)/b17-11-. The van der Waals surface area contributed by atoms with Gasteiger partial charge in [0.15, 0.2) is 0 Å². The molecule has 0 saturated heterocycles. The van der Waals surface area contributed by atoms with E-state index < -0.39 is 0 Å².